The Morgan fingerprint density at radius 1 is 0.548 bits per heavy atom. The third-order valence-corrected chi connectivity index (χ3v) is 4.74. The minimum atomic E-state index is -1.06. The second-order valence-electron chi connectivity index (χ2n) is 7.45. The fraction of sp³-hybridized carbons (Fsp3) is 0.172. The molecule has 0 saturated heterocycles. The van der Waals surface area contributed by atoms with Crippen LogP contribution in [0.15, 0.2) is 72.8 Å². The molecule has 13 heteroatoms. The SMILES string of the molecule is C.CC(=O)c1cccc(C(=O)O)c1.COC(=O)c1cccc(C(=O)O)c1.COC(=O)c1cccc(C(C)=O)c1.O.[Li+].[OH-]. The van der Waals surface area contributed by atoms with Crippen LogP contribution in [0.2, 0.25) is 0 Å². The smallest absolute Gasteiger partial charge is 0.870 e. The van der Waals surface area contributed by atoms with E-state index in [0.29, 0.717) is 16.7 Å². The molecule has 3 aromatic carbocycles. The van der Waals surface area contributed by atoms with Crippen LogP contribution in [0.1, 0.15) is 83.4 Å². The minimum Gasteiger partial charge on any atom is -0.870 e. The van der Waals surface area contributed by atoms with E-state index in [2.05, 4.69) is 9.47 Å². The molecule has 0 heterocycles. The molecule has 0 aromatic heterocycles. The Morgan fingerprint density at radius 2 is 0.786 bits per heavy atom. The summed E-state index contributed by atoms with van der Waals surface area (Å²) in [4.78, 5) is 64.8. The van der Waals surface area contributed by atoms with Gasteiger partial charge in [-0.3, -0.25) is 9.59 Å². The average molecular weight is 581 g/mol. The Balaban J connectivity index is -0.000000246. The number of carbonyl (C=O) groups excluding carboxylic acids is 4. The molecule has 0 amide bonds. The number of benzene rings is 3. The summed E-state index contributed by atoms with van der Waals surface area (Å²) >= 11 is 0. The molecule has 0 fully saturated rings. The molecule has 3 aromatic rings. The quantitative estimate of drug-likeness (QED) is 0.238. The zero-order chi connectivity index (χ0) is 28.8. The van der Waals surface area contributed by atoms with Crippen LogP contribution in [0.3, 0.4) is 0 Å². The van der Waals surface area contributed by atoms with E-state index < -0.39 is 23.9 Å². The second kappa shape index (κ2) is 22.1. The molecule has 0 atom stereocenters. The number of hydrogen-bond donors (Lipinski definition) is 2. The van der Waals surface area contributed by atoms with Gasteiger partial charge < -0.3 is 30.6 Å². The molecule has 42 heavy (non-hydrogen) atoms. The van der Waals surface area contributed by atoms with Crippen molar-refractivity contribution in [3.63, 3.8) is 0 Å². The van der Waals surface area contributed by atoms with Gasteiger partial charge in [0.25, 0.3) is 0 Å². The van der Waals surface area contributed by atoms with E-state index in [1.807, 2.05) is 0 Å². The van der Waals surface area contributed by atoms with Crippen LogP contribution in [0.4, 0.5) is 0 Å². The predicted molar refractivity (Wildman–Crippen MR) is 148 cm³/mol. The molecule has 222 valence electrons. The topological polar surface area (TPSA) is 223 Å². The molecule has 3 rings (SSSR count). The second-order valence-corrected chi connectivity index (χ2v) is 7.45. The third kappa shape index (κ3) is 14.7. The van der Waals surface area contributed by atoms with Crippen molar-refractivity contribution in [3.05, 3.63) is 106 Å². The van der Waals surface area contributed by atoms with Crippen LogP contribution < -0.4 is 18.9 Å². The van der Waals surface area contributed by atoms with E-state index in [1.165, 1.54) is 70.5 Å². The van der Waals surface area contributed by atoms with Gasteiger partial charge in [-0.25, -0.2) is 19.2 Å². The number of carboxylic acid groups (broad SMARTS) is 2. The molecule has 0 aliphatic rings. The van der Waals surface area contributed by atoms with Crippen molar-refractivity contribution < 1.29 is 78.3 Å². The van der Waals surface area contributed by atoms with Gasteiger partial charge in [-0.05, 0) is 56.3 Å². The third-order valence-electron chi connectivity index (χ3n) is 4.74. The molecular formula is C29H33LiO12. The van der Waals surface area contributed by atoms with Gasteiger partial charge in [-0.2, -0.15) is 0 Å². The molecule has 5 N–H and O–H groups in total. The number of aromatic carboxylic acids is 2. The van der Waals surface area contributed by atoms with Crippen LogP contribution >= 0.6 is 0 Å². The van der Waals surface area contributed by atoms with E-state index in [9.17, 15) is 28.8 Å². The zero-order valence-corrected chi connectivity index (χ0v) is 23.0. The molecule has 12 nitrogen and oxygen atoms in total. The number of rotatable bonds is 6. The maximum atomic E-state index is 11.1. The Hall–Kier alpha value is -4.60. The van der Waals surface area contributed by atoms with E-state index in [-0.39, 0.29) is 65.5 Å². The van der Waals surface area contributed by atoms with Crippen LogP contribution in [0.5, 0.6) is 0 Å². The molecular weight excluding hydrogens is 547 g/mol. The van der Waals surface area contributed by atoms with Crippen LogP contribution in [0.25, 0.3) is 0 Å². The van der Waals surface area contributed by atoms with Crippen molar-refractivity contribution in [1.29, 1.82) is 0 Å². The summed E-state index contributed by atoms with van der Waals surface area (Å²) in [6.07, 6.45) is 0. The van der Waals surface area contributed by atoms with Gasteiger partial charge >= 0.3 is 42.7 Å². The fourth-order valence-electron chi connectivity index (χ4n) is 2.75. The first-order chi connectivity index (χ1) is 17.9. The molecule has 0 unspecified atom stereocenters. The van der Waals surface area contributed by atoms with Gasteiger partial charge in [-0.15, -0.1) is 0 Å². The summed E-state index contributed by atoms with van der Waals surface area (Å²) in [6.45, 7) is 2.86. The molecule has 0 bridgehead atoms. The van der Waals surface area contributed by atoms with E-state index in [0.717, 1.165) is 0 Å². The number of Topliss-reactive ketones (excluding diaryl/α,β-unsaturated/α-hetero) is 2. The van der Waals surface area contributed by atoms with Crippen molar-refractivity contribution in [2.24, 2.45) is 0 Å². The number of esters is 2. The average Bonchev–Trinajstić information content (AvgIpc) is 2.92. The van der Waals surface area contributed by atoms with E-state index in [1.54, 1.807) is 30.3 Å². The molecule has 0 spiro atoms. The van der Waals surface area contributed by atoms with Gasteiger partial charge in [-0.1, -0.05) is 37.8 Å². The van der Waals surface area contributed by atoms with Crippen LogP contribution in [-0.4, -0.2) is 70.8 Å². The largest absolute Gasteiger partial charge is 1.00 e. The van der Waals surface area contributed by atoms with Crippen molar-refractivity contribution >= 4 is 35.4 Å². The Morgan fingerprint density at radius 3 is 1.05 bits per heavy atom. The normalized spacial score (nSPS) is 8.48. The van der Waals surface area contributed by atoms with Crippen molar-refractivity contribution in [2.75, 3.05) is 14.2 Å². The molecule has 0 aliphatic heterocycles. The number of carbonyl (C=O) groups is 6. The maximum absolute atomic E-state index is 11.1. The standard InChI is InChI=1S/C10H10O3.C9H8O4.C9H8O3.CH4.Li.2H2O/c1-7(11)8-4-3-5-9(6-8)10(12)13-2;1-13-9(12)7-4-2-3-6(5-7)8(10)11;1-6(10)7-3-2-4-8(5-7)9(11)12;;;;/h3-6H,1-2H3;2-5H,1H3,(H,10,11);2-5H,1H3,(H,11,12);1H4;;2*1H2/q;;;;+1;;/p-1. The van der Waals surface area contributed by atoms with Crippen LogP contribution in [0, 0.1) is 0 Å². The summed E-state index contributed by atoms with van der Waals surface area (Å²) < 4.78 is 8.96. The summed E-state index contributed by atoms with van der Waals surface area (Å²) in [6, 6.07) is 18.1. The Labute approximate surface area is 255 Å². The van der Waals surface area contributed by atoms with Gasteiger partial charge in [0.15, 0.2) is 11.6 Å². The van der Waals surface area contributed by atoms with Gasteiger partial charge in [0.2, 0.25) is 0 Å². The first-order valence-corrected chi connectivity index (χ1v) is 10.9. The number of ketones is 2. The van der Waals surface area contributed by atoms with Gasteiger partial charge in [0.05, 0.1) is 36.5 Å². The summed E-state index contributed by atoms with van der Waals surface area (Å²) in [5.41, 5.74) is 1.79. The first kappa shape index (κ1) is 44.4. The zero-order valence-electron chi connectivity index (χ0n) is 23.0. The Bertz CT molecular complexity index is 1250. The predicted octanol–water partition coefficient (Wildman–Crippen LogP) is 1.07. The number of methoxy groups -OCH3 is 2. The van der Waals surface area contributed by atoms with Crippen LogP contribution in [-0.2, 0) is 9.47 Å². The van der Waals surface area contributed by atoms with Gasteiger partial charge in [0, 0.05) is 11.1 Å². The number of carboxylic acids is 2. The number of ether oxygens (including phenoxy) is 2. The van der Waals surface area contributed by atoms with E-state index >= 15 is 0 Å². The first-order valence-electron chi connectivity index (χ1n) is 10.9. The van der Waals surface area contributed by atoms with Crippen molar-refractivity contribution in [1.82, 2.24) is 0 Å². The number of hydrogen-bond acceptors (Lipinski definition) is 9. The minimum absolute atomic E-state index is 0. The molecule has 0 saturated carbocycles. The monoisotopic (exact) mass is 580 g/mol. The van der Waals surface area contributed by atoms with Gasteiger partial charge in [0.1, 0.15) is 0 Å². The maximum Gasteiger partial charge on any atom is 1.00 e. The summed E-state index contributed by atoms with van der Waals surface area (Å²) in [5.74, 6) is -3.24. The summed E-state index contributed by atoms with van der Waals surface area (Å²) in [7, 11) is 2.55. The molecule has 0 aliphatic carbocycles. The fourth-order valence-corrected chi connectivity index (χ4v) is 2.75. The summed E-state index contributed by atoms with van der Waals surface area (Å²) in [5, 5.41) is 17.2. The van der Waals surface area contributed by atoms with E-state index in [4.69, 9.17) is 10.2 Å². The van der Waals surface area contributed by atoms with Crippen molar-refractivity contribution in [2.45, 2.75) is 21.3 Å². The van der Waals surface area contributed by atoms with Crippen molar-refractivity contribution in [3.8, 4) is 0 Å². The Kier molecular flexibility index (Phi) is 23.4. The molecule has 0 radical (unpaired) electrons.